The van der Waals surface area contributed by atoms with Crippen LogP contribution in [0.4, 0.5) is 4.39 Å². The van der Waals surface area contributed by atoms with Gasteiger partial charge in [0.25, 0.3) is 11.7 Å². The molecule has 1 unspecified atom stereocenters. The number of aromatic hydroxyl groups is 1. The molecule has 0 saturated carbocycles. The molecular weight excluding hydrogens is 467 g/mol. The number of nitrogens with zero attached hydrogens (tertiary/aromatic N) is 2. The van der Waals surface area contributed by atoms with Gasteiger partial charge in [0, 0.05) is 23.1 Å². The van der Waals surface area contributed by atoms with Crippen LogP contribution in [0.25, 0.3) is 5.76 Å². The number of benzene rings is 2. The van der Waals surface area contributed by atoms with Crippen molar-refractivity contribution in [2.24, 2.45) is 0 Å². The average Bonchev–Trinajstić information content (AvgIpc) is 3.00. The normalized spacial score (nSPS) is 18.2. The molecule has 164 valence electrons. The molecule has 1 atom stereocenters. The monoisotopic (exact) mass is 490 g/mol. The first-order chi connectivity index (χ1) is 14.8. The number of likely N-dealkylation sites (tertiary alicyclic amines) is 1. The zero-order chi connectivity index (χ0) is 22.7. The van der Waals surface area contributed by atoms with Gasteiger partial charge in [0.2, 0.25) is 0 Å². The molecule has 2 aromatic carbocycles. The van der Waals surface area contributed by atoms with E-state index in [0.717, 1.165) is 13.1 Å². The molecule has 1 saturated heterocycles. The predicted octanol–water partition coefficient (Wildman–Crippen LogP) is 4.06. The first-order valence-electron chi connectivity index (χ1n) is 10.0. The number of phenolic OH excluding ortho intramolecular Hbond substituents is 1. The van der Waals surface area contributed by atoms with Crippen molar-refractivity contribution < 1.29 is 24.2 Å². The lowest BCUT2D eigenvalue weighted by Gasteiger charge is -2.28. The molecule has 0 aromatic heterocycles. The van der Waals surface area contributed by atoms with Crippen LogP contribution in [0.3, 0.4) is 0 Å². The molecule has 0 aliphatic carbocycles. The topological polar surface area (TPSA) is 81.1 Å². The molecule has 1 heterocycles. The molecule has 6 nitrogen and oxygen atoms in total. The number of carbonyl (C=O) groups is 2. The van der Waals surface area contributed by atoms with Gasteiger partial charge in [-0.25, -0.2) is 4.39 Å². The number of halogens is 2. The number of Topliss-reactive ketones (excluding diaryl/α,β-unsaturated/α-hetero) is 1. The Morgan fingerprint density at radius 1 is 1.16 bits per heavy atom. The molecule has 1 fully saturated rings. The zero-order valence-corrected chi connectivity index (χ0v) is 18.9. The number of ketones is 1. The summed E-state index contributed by atoms with van der Waals surface area (Å²) >= 11 is 3.27. The van der Waals surface area contributed by atoms with Crippen LogP contribution in [-0.4, -0.2) is 57.9 Å². The summed E-state index contributed by atoms with van der Waals surface area (Å²) in [5.74, 6) is -3.12. The highest BCUT2D eigenvalue weighted by Crippen LogP contribution is 2.41. The Hall–Kier alpha value is -2.71. The minimum absolute atomic E-state index is 0.0162. The van der Waals surface area contributed by atoms with Gasteiger partial charge in [-0.05, 0) is 37.4 Å². The van der Waals surface area contributed by atoms with Gasteiger partial charge in [-0.15, -0.1) is 0 Å². The van der Waals surface area contributed by atoms with Crippen LogP contribution in [-0.2, 0) is 9.59 Å². The largest absolute Gasteiger partial charge is 0.507 e. The molecule has 1 amide bonds. The van der Waals surface area contributed by atoms with E-state index in [0.29, 0.717) is 11.0 Å². The smallest absolute Gasteiger partial charge is 0.295 e. The third-order valence-electron chi connectivity index (χ3n) is 5.51. The maximum absolute atomic E-state index is 14.8. The number of hydrogen-bond donors (Lipinski definition) is 2. The van der Waals surface area contributed by atoms with Crippen LogP contribution >= 0.6 is 15.9 Å². The lowest BCUT2D eigenvalue weighted by molar-refractivity contribution is -0.140. The molecule has 1 aliphatic rings. The Kier molecular flexibility index (Phi) is 7.12. The van der Waals surface area contributed by atoms with E-state index >= 15 is 0 Å². The Labute approximate surface area is 188 Å². The number of hydrogen-bond acceptors (Lipinski definition) is 5. The van der Waals surface area contributed by atoms with Gasteiger partial charge in [0.05, 0.1) is 17.2 Å². The summed E-state index contributed by atoms with van der Waals surface area (Å²) in [4.78, 5) is 29.2. The van der Waals surface area contributed by atoms with Crippen LogP contribution in [0.15, 0.2) is 52.5 Å². The molecule has 0 radical (unpaired) electrons. The van der Waals surface area contributed by atoms with Gasteiger partial charge >= 0.3 is 0 Å². The van der Waals surface area contributed by atoms with Crippen LogP contribution in [0.5, 0.6) is 5.75 Å². The van der Waals surface area contributed by atoms with E-state index in [2.05, 4.69) is 20.8 Å². The van der Waals surface area contributed by atoms with E-state index in [1.165, 1.54) is 35.2 Å². The Morgan fingerprint density at radius 2 is 1.84 bits per heavy atom. The number of rotatable bonds is 7. The van der Waals surface area contributed by atoms with Crippen molar-refractivity contribution >= 4 is 33.4 Å². The third kappa shape index (κ3) is 4.50. The standard InChI is InChI=1S/C23H24BrFN2O4/c1-3-26(4-2)11-12-27-20(15-7-5-6-8-17(15)25)19(22(30)23(27)31)21(29)16-13-14(24)9-10-18(16)28/h5-10,13,20,28-29H,3-4,11-12H2,1-2H3/b21-19+. The van der Waals surface area contributed by atoms with Gasteiger partial charge in [-0.1, -0.05) is 48.0 Å². The molecule has 2 N–H and O–H groups in total. The molecule has 0 bridgehead atoms. The number of phenols is 1. The van der Waals surface area contributed by atoms with Crippen molar-refractivity contribution in [3.8, 4) is 5.75 Å². The van der Waals surface area contributed by atoms with Crippen LogP contribution in [0.1, 0.15) is 31.0 Å². The number of carbonyl (C=O) groups excluding carboxylic acids is 2. The van der Waals surface area contributed by atoms with Crippen LogP contribution < -0.4 is 0 Å². The van der Waals surface area contributed by atoms with Gasteiger partial charge < -0.3 is 20.0 Å². The fraction of sp³-hybridized carbons (Fsp3) is 0.304. The van der Waals surface area contributed by atoms with Crippen LogP contribution in [0, 0.1) is 5.82 Å². The Balaban J connectivity index is 2.17. The molecule has 0 spiro atoms. The summed E-state index contributed by atoms with van der Waals surface area (Å²) in [5, 5.41) is 21.2. The quantitative estimate of drug-likeness (QED) is 0.347. The fourth-order valence-corrected chi connectivity index (χ4v) is 4.12. The SMILES string of the molecule is CCN(CC)CCN1C(=O)C(=O)/C(=C(/O)c2cc(Br)ccc2O)C1c1ccccc1F. The van der Waals surface area contributed by atoms with Gasteiger partial charge in [-0.3, -0.25) is 9.59 Å². The van der Waals surface area contributed by atoms with Gasteiger partial charge in [0.15, 0.2) is 0 Å². The average molecular weight is 491 g/mol. The van der Waals surface area contributed by atoms with E-state index < -0.39 is 29.3 Å². The summed E-state index contributed by atoms with van der Waals surface area (Å²) in [6.45, 7) is 6.18. The number of aliphatic hydroxyl groups excluding tert-OH is 1. The minimum Gasteiger partial charge on any atom is -0.507 e. The van der Waals surface area contributed by atoms with E-state index in [4.69, 9.17) is 0 Å². The summed E-state index contributed by atoms with van der Waals surface area (Å²) in [7, 11) is 0. The second kappa shape index (κ2) is 9.62. The fourth-order valence-electron chi connectivity index (χ4n) is 3.76. The lowest BCUT2D eigenvalue weighted by Crippen LogP contribution is -2.38. The Morgan fingerprint density at radius 3 is 2.48 bits per heavy atom. The second-order valence-electron chi connectivity index (χ2n) is 7.20. The van der Waals surface area contributed by atoms with E-state index in [9.17, 15) is 24.2 Å². The molecule has 2 aromatic rings. The molecule has 8 heteroatoms. The van der Waals surface area contributed by atoms with E-state index in [-0.39, 0.29) is 29.0 Å². The van der Waals surface area contributed by atoms with Gasteiger partial charge in [-0.2, -0.15) is 0 Å². The highest BCUT2D eigenvalue weighted by Gasteiger charge is 2.47. The molecule has 3 rings (SSSR count). The maximum atomic E-state index is 14.8. The zero-order valence-electron chi connectivity index (χ0n) is 17.3. The van der Waals surface area contributed by atoms with E-state index in [1.54, 1.807) is 12.1 Å². The first kappa shape index (κ1) is 23.0. The number of aliphatic hydroxyl groups is 1. The van der Waals surface area contributed by atoms with Crippen molar-refractivity contribution in [2.45, 2.75) is 19.9 Å². The van der Waals surface area contributed by atoms with Gasteiger partial charge in [0.1, 0.15) is 17.3 Å². The maximum Gasteiger partial charge on any atom is 0.295 e. The third-order valence-corrected chi connectivity index (χ3v) is 6.00. The second-order valence-corrected chi connectivity index (χ2v) is 8.12. The molecule has 1 aliphatic heterocycles. The van der Waals surface area contributed by atoms with E-state index in [1.807, 2.05) is 13.8 Å². The summed E-state index contributed by atoms with van der Waals surface area (Å²) in [6, 6.07) is 9.13. The lowest BCUT2D eigenvalue weighted by atomic mass is 9.94. The number of likely N-dealkylation sites (N-methyl/N-ethyl adjacent to an activating group) is 1. The predicted molar refractivity (Wildman–Crippen MR) is 119 cm³/mol. The van der Waals surface area contributed by atoms with Crippen molar-refractivity contribution in [3.63, 3.8) is 0 Å². The first-order valence-corrected chi connectivity index (χ1v) is 10.8. The highest BCUT2D eigenvalue weighted by atomic mass is 79.9. The summed E-state index contributed by atoms with van der Waals surface area (Å²) in [5.41, 5.74) is -0.155. The number of amides is 1. The minimum atomic E-state index is -1.10. The van der Waals surface area contributed by atoms with Crippen molar-refractivity contribution in [3.05, 3.63) is 69.5 Å². The molecule has 31 heavy (non-hydrogen) atoms. The molecular formula is C23H24BrFN2O4. The van der Waals surface area contributed by atoms with Crippen molar-refractivity contribution in [1.82, 2.24) is 9.80 Å². The Bertz CT molecular complexity index is 1040. The summed E-state index contributed by atoms with van der Waals surface area (Å²) < 4.78 is 15.3. The summed E-state index contributed by atoms with van der Waals surface area (Å²) in [6.07, 6.45) is 0. The van der Waals surface area contributed by atoms with Crippen molar-refractivity contribution in [2.75, 3.05) is 26.2 Å². The van der Waals surface area contributed by atoms with Crippen LogP contribution in [0.2, 0.25) is 0 Å². The highest BCUT2D eigenvalue weighted by molar-refractivity contribution is 9.10. The van der Waals surface area contributed by atoms with Crippen molar-refractivity contribution in [1.29, 1.82) is 0 Å².